The fourth-order valence-corrected chi connectivity index (χ4v) is 1.87. The first-order chi connectivity index (χ1) is 14.5. The predicted molar refractivity (Wildman–Crippen MR) is 118 cm³/mol. The molecule has 0 aliphatic rings. The summed E-state index contributed by atoms with van der Waals surface area (Å²) >= 11 is 0. The summed E-state index contributed by atoms with van der Waals surface area (Å²) in [5.74, 6) is 0.0529. The topological polar surface area (TPSA) is 173 Å². The van der Waals surface area contributed by atoms with Gasteiger partial charge in [-0.05, 0) is 42.3 Å². The molecule has 2 aromatic carbocycles. The zero-order chi connectivity index (χ0) is 24.9. The van der Waals surface area contributed by atoms with Crippen LogP contribution in [-0.4, -0.2) is 50.4 Å². The van der Waals surface area contributed by atoms with Crippen molar-refractivity contribution in [3.63, 3.8) is 0 Å². The van der Waals surface area contributed by atoms with E-state index in [1.165, 1.54) is 12.1 Å². The van der Waals surface area contributed by atoms with E-state index in [1.54, 1.807) is 13.0 Å². The highest BCUT2D eigenvalue weighted by molar-refractivity contribution is 7.85. The molecule has 1 atom stereocenters. The number of hydrogen-bond donors (Lipinski definition) is 4. The maximum Gasteiger partial charge on any atom is 0.261 e. The molecule has 2 aromatic rings. The summed E-state index contributed by atoms with van der Waals surface area (Å²) < 4.78 is 70.4. The van der Waals surface area contributed by atoms with Gasteiger partial charge in [-0.15, -0.1) is 0 Å². The van der Waals surface area contributed by atoms with Crippen molar-refractivity contribution < 1.29 is 39.9 Å². The average molecular weight is 495 g/mol. The summed E-state index contributed by atoms with van der Waals surface area (Å²) in [5, 5.41) is 3.02. The first-order valence-corrected chi connectivity index (χ1v) is 12.6. The van der Waals surface area contributed by atoms with Gasteiger partial charge in [0.05, 0.1) is 18.6 Å². The molecule has 0 spiro atoms. The normalized spacial score (nSPS) is 11.8. The summed E-state index contributed by atoms with van der Waals surface area (Å²) in [5.41, 5.74) is 6.98. The Balaban J connectivity index is 0.000000805. The molecule has 2 rings (SSSR count). The van der Waals surface area contributed by atoms with E-state index in [9.17, 15) is 26.0 Å². The van der Waals surface area contributed by atoms with Gasteiger partial charge in [0.1, 0.15) is 18.2 Å². The van der Waals surface area contributed by atoms with Gasteiger partial charge in [0.15, 0.2) is 0 Å². The Morgan fingerprint density at radius 3 is 1.97 bits per heavy atom. The average Bonchev–Trinajstić information content (AvgIpc) is 2.62. The molecule has 0 aromatic heterocycles. The van der Waals surface area contributed by atoms with E-state index in [0.717, 1.165) is 11.1 Å². The number of nitrogens with two attached hydrogens (primary N) is 1. The fourth-order valence-electron chi connectivity index (χ4n) is 1.87. The van der Waals surface area contributed by atoms with Gasteiger partial charge in [-0.25, -0.2) is 4.39 Å². The molecule has 0 heterocycles. The number of ether oxygens (including phenoxy) is 1. The number of halogens is 1. The summed E-state index contributed by atoms with van der Waals surface area (Å²) in [6, 6.07) is 13.4. The zero-order valence-electron chi connectivity index (χ0n) is 17.7. The number of carbonyl (C=O) groups is 1. The molecule has 32 heavy (non-hydrogen) atoms. The molecule has 180 valence electrons. The van der Waals surface area contributed by atoms with Crippen LogP contribution in [0, 0.1) is 5.82 Å². The Morgan fingerprint density at radius 2 is 1.53 bits per heavy atom. The highest BCUT2D eigenvalue weighted by atomic mass is 32.2. The van der Waals surface area contributed by atoms with Gasteiger partial charge < -0.3 is 15.8 Å². The maximum absolute atomic E-state index is 13.1. The Bertz CT molecular complexity index is 1010. The molecule has 0 fully saturated rings. The van der Waals surface area contributed by atoms with Gasteiger partial charge in [-0.2, -0.15) is 16.8 Å². The van der Waals surface area contributed by atoms with Crippen molar-refractivity contribution in [2.75, 3.05) is 12.5 Å². The van der Waals surface area contributed by atoms with Gasteiger partial charge in [-0.1, -0.05) is 24.3 Å². The van der Waals surface area contributed by atoms with Gasteiger partial charge >= 0.3 is 0 Å². The smallest absolute Gasteiger partial charge is 0.261 e. The fraction of sp³-hybridized carbons (Fsp3) is 0.316. The SMILES string of the molecule is CS(=O)(=O)O.CS(=O)(=O)O.C[C@H](NCc1ccc(OCc2cccc(F)c2)cc1)C(N)=O. The number of amides is 1. The number of benzene rings is 2. The van der Waals surface area contributed by atoms with Crippen LogP contribution >= 0.6 is 0 Å². The molecule has 1 amide bonds. The highest BCUT2D eigenvalue weighted by Crippen LogP contribution is 2.14. The van der Waals surface area contributed by atoms with Gasteiger partial charge in [-0.3, -0.25) is 13.9 Å². The molecular weight excluding hydrogens is 467 g/mol. The van der Waals surface area contributed by atoms with Crippen molar-refractivity contribution in [2.24, 2.45) is 5.73 Å². The first kappa shape index (κ1) is 29.4. The summed E-state index contributed by atoms with van der Waals surface area (Å²) in [7, 11) is -7.33. The molecule has 0 bridgehead atoms. The number of nitrogens with one attached hydrogen (secondary N) is 1. The predicted octanol–water partition coefficient (Wildman–Crippen LogP) is 1.38. The lowest BCUT2D eigenvalue weighted by Gasteiger charge is -2.11. The summed E-state index contributed by atoms with van der Waals surface area (Å²) in [6.07, 6.45) is 1.43. The van der Waals surface area contributed by atoms with Crippen molar-refractivity contribution >= 4 is 26.1 Å². The van der Waals surface area contributed by atoms with Crippen LogP contribution in [0.5, 0.6) is 5.75 Å². The van der Waals surface area contributed by atoms with Crippen LogP contribution in [0.1, 0.15) is 18.1 Å². The first-order valence-electron chi connectivity index (χ1n) is 8.88. The molecular formula is C19H27FN2O8S2. The highest BCUT2D eigenvalue weighted by Gasteiger charge is 2.07. The quantitative estimate of drug-likeness (QED) is 0.415. The third-order valence-electron chi connectivity index (χ3n) is 3.26. The van der Waals surface area contributed by atoms with E-state index in [-0.39, 0.29) is 17.8 Å². The van der Waals surface area contributed by atoms with E-state index in [4.69, 9.17) is 19.6 Å². The van der Waals surface area contributed by atoms with Crippen LogP contribution in [-0.2, 0) is 38.2 Å². The number of rotatable bonds is 7. The van der Waals surface area contributed by atoms with E-state index >= 15 is 0 Å². The third-order valence-corrected chi connectivity index (χ3v) is 3.26. The third kappa shape index (κ3) is 19.4. The number of primary amides is 1. The lowest BCUT2D eigenvalue weighted by atomic mass is 10.2. The molecule has 0 unspecified atom stereocenters. The number of hydrogen-bond acceptors (Lipinski definition) is 7. The minimum absolute atomic E-state index is 0.272. The van der Waals surface area contributed by atoms with E-state index < -0.39 is 20.2 Å². The lowest BCUT2D eigenvalue weighted by Crippen LogP contribution is -2.38. The largest absolute Gasteiger partial charge is 0.489 e. The standard InChI is InChI=1S/C17H19FN2O2.2CH4O3S/c1-12(17(19)21)20-10-13-5-7-16(8-6-13)22-11-14-3-2-4-15(18)9-14;2*1-5(2,3)4/h2-9,12,20H,10-11H2,1H3,(H2,19,21);2*1H3,(H,2,3,4)/t12-;;/m0../s1. The van der Waals surface area contributed by atoms with Gasteiger partial charge in [0, 0.05) is 6.54 Å². The van der Waals surface area contributed by atoms with Crippen LogP contribution in [0.4, 0.5) is 4.39 Å². The second-order valence-electron chi connectivity index (χ2n) is 6.53. The van der Waals surface area contributed by atoms with E-state index in [1.807, 2.05) is 30.3 Å². The second-order valence-corrected chi connectivity index (χ2v) is 9.47. The van der Waals surface area contributed by atoms with Crippen LogP contribution in [0.15, 0.2) is 48.5 Å². The van der Waals surface area contributed by atoms with Crippen molar-refractivity contribution in [2.45, 2.75) is 26.1 Å². The van der Waals surface area contributed by atoms with Crippen LogP contribution in [0.25, 0.3) is 0 Å². The van der Waals surface area contributed by atoms with Crippen molar-refractivity contribution in [3.05, 3.63) is 65.5 Å². The summed E-state index contributed by atoms with van der Waals surface area (Å²) in [4.78, 5) is 10.9. The molecule has 5 N–H and O–H groups in total. The monoisotopic (exact) mass is 494 g/mol. The van der Waals surface area contributed by atoms with Crippen molar-refractivity contribution in [1.82, 2.24) is 5.32 Å². The lowest BCUT2D eigenvalue weighted by molar-refractivity contribution is -0.119. The maximum atomic E-state index is 13.1. The molecule has 10 nitrogen and oxygen atoms in total. The second kappa shape index (κ2) is 13.8. The molecule has 0 saturated carbocycles. The molecule has 13 heteroatoms. The molecule has 0 aliphatic carbocycles. The molecule has 0 aliphatic heterocycles. The Morgan fingerprint density at radius 1 is 1.03 bits per heavy atom. The Hall–Kier alpha value is -2.58. The zero-order valence-corrected chi connectivity index (χ0v) is 19.4. The van der Waals surface area contributed by atoms with Crippen LogP contribution in [0.3, 0.4) is 0 Å². The van der Waals surface area contributed by atoms with Crippen LogP contribution < -0.4 is 15.8 Å². The van der Waals surface area contributed by atoms with E-state index in [0.29, 0.717) is 31.4 Å². The molecule has 0 radical (unpaired) electrons. The Kier molecular flexibility index (Phi) is 12.6. The Labute approximate surface area is 187 Å². The minimum Gasteiger partial charge on any atom is -0.489 e. The molecule has 0 saturated heterocycles. The summed E-state index contributed by atoms with van der Waals surface area (Å²) in [6.45, 7) is 2.58. The van der Waals surface area contributed by atoms with Gasteiger partial charge in [0.2, 0.25) is 5.91 Å². The van der Waals surface area contributed by atoms with E-state index in [2.05, 4.69) is 5.32 Å². The number of carbonyl (C=O) groups excluding carboxylic acids is 1. The van der Waals surface area contributed by atoms with Crippen LogP contribution in [0.2, 0.25) is 0 Å². The minimum atomic E-state index is -3.67. The van der Waals surface area contributed by atoms with Gasteiger partial charge in [0.25, 0.3) is 20.2 Å². The van der Waals surface area contributed by atoms with Crippen molar-refractivity contribution in [1.29, 1.82) is 0 Å². The van der Waals surface area contributed by atoms with Crippen molar-refractivity contribution in [3.8, 4) is 5.75 Å².